The standard InChI is InChI=1S/C21H23F3N4O3/c1-12(2)9-20(3,28-19(29)30)10-31-16-5-4-13(8-15(16)21(22,23)24)17-14-6-7-25-18(14)27-11-26-17/h4-8,11-12,28H,9-10H2,1-3H3,(H,29,30)(H,25,26,27). The van der Waals surface area contributed by atoms with Crippen molar-refractivity contribution in [3.8, 4) is 17.0 Å². The Labute approximate surface area is 176 Å². The van der Waals surface area contributed by atoms with Gasteiger partial charge in [-0.2, -0.15) is 13.2 Å². The Hall–Kier alpha value is -3.30. The van der Waals surface area contributed by atoms with Gasteiger partial charge in [0, 0.05) is 17.1 Å². The lowest BCUT2D eigenvalue weighted by Gasteiger charge is -2.31. The van der Waals surface area contributed by atoms with Crippen molar-refractivity contribution in [3.63, 3.8) is 0 Å². The number of alkyl halides is 3. The topological polar surface area (TPSA) is 100 Å². The molecule has 3 aromatic rings. The normalized spacial score (nSPS) is 13.9. The van der Waals surface area contributed by atoms with Gasteiger partial charge in [-0.3, -0.25) is 0 Å². The highest BCUT2D eigenvalue weighted by atomic mass is 19.4. The first kappa shape index (κ1) is 22.4. The Morgan fingerprint density at radius 3 is 2.65 bits per heavy atom. The molecule has 7 nitrogen and oxygen atoms in total. The van der Waals surface area contributed by atoms with Gasteiger partial charge in [0.05, 0.1) is 16.8 Å². The van der Waals surface area contributed by atoms with Crippen molar-refractivity contribution in [2.45, 2.75) is 38.9 Å². The highest BCUT2D eigenvalue weighted by Crippen LogP contribution is 2.39. The second-order valence-corrected chi connectivity index (χ2v) is 8.05. The molecule has 0 aliphatic carbocycles. The maximum atomic E-state index is 13.8. The number of halogens is 3. The van der Waals surface area contributed by atoms with E-state index in [1.165, 1.54) is 18.5 Å². The fourth-order valence-electron chi connectivity index (χ4n) is 3.67. The summed E-state index contributed by atoms with van der Waals surface area (Å²) in [6.45, 7) is 5.13. The van der Waals surface area contributed by atoms with Gasteiger partial charge in [0.1, 0.15) is 24.3 Å². The second-order valence-electron chi connectivity index (χ2n) is 8.05. The number of nitrogens with zero attached hydrogens (tertiary/aromatic N) is 2. The smallest absolute Gasteiger partial charge is 0.419 e. The summed E-state index contributed by atoms with van der Waals surface area (Å²) in [5.41, 5.74) is -0.871. The van der Waals surface area contributed by atoms with Crippen molar-refractivity contribution in [2.75, 3.05) is 6.61 Å². The van der Waals surface area contributed by atoms with Gasteiger partial charge in [0.15, 0.2) is 0 Å². The number of ether oxygens (including phenoxy) is 1. The number of rotatable bonds is 7. The van der Waals surface area contributed by atoms with Crippen LogP contribution in [0.1, 0.15) is 32.8 Å². The van der Waals surface area contributed by atoms with Crippen LogP contribution in [0.15, 0.2) is 36.8 Å². The second kappa shape index (κ2) is 8.44. The molecule has 3 N–H and O–H groups in total. The van der Waals surface area contributed by atoms with E-state index in [0.29, 0.717) is 23.1 Å². The number of carbonyl (C=O) groups is 1. The molecule has 1 aromatic carbocycles. The maximum absolute atomic E-state index is 13.8. The monoisotopic (exact) mass is 436 g/mol. The summed E-state index contributed by atoms with van der Waals surface area (Å²) in [5, 5.41) is 12.1. The quantitative estimate of drug-likeness (QED) is 0.479. The zero-order valence-electron chi connectivity index (χ0n) is 17.2. The highest BCUT2D eigenvalue weighted by Gasteiger charge is 2.36. The molecular weight excluding hydrogens is 413 g/mol. The summed E-state index contributed by atoms with van der Waals surface area (Å²) in [4.78, 5) is 22.2. The first-order chi connectivity index (χ1) is 14.5. The van der Waals surface area contributed by atoms with E-state index in [1.807, 2.05) is 13.8 Å². The van der Waals surface area contributed by atoms with E-state index < -0.39 is 23.4 Å². The largest absolute Gasteiger partial charge is 0.491 e. The van der Waals surface area contributed by atoms with Crippen molar-refractivity contribution >= 4 is 17.1 Å². The number of nitrogens with one attached hydrogen (secondary N) is 2. The van der Waals surface area contributed by atoms with Crippen LogP contribution in [0.25, 0.3) is 22.3 Å². The zero-order valence-corrected chi connectivity index (χ0v) is 17.2. The van der Waals surface area contributed by atoms with Crippen LogP contribution in [-0.2, 0) is 6.18 Å². The fourth-order valence-corrected chi connectivity index (χ4v) is 3.67. The molecule has 0 fully saturated rings. The number of amides is 1. The van der Waals surface area contributed by atoms with Crippen LogP contribution in [0, 0.1) is 5.92 Å². The summed E-state index contributed by atoms with van der Waals surface area (Å²) in [6.07, 6.45) is -2.64. The van der Waals surface area contributed by atoms with Crippen molar-refractivity contribution < 1.29 is 27.8 Å². The van der Waals surface area contributed by atoms with Gasteiger partial charge in [-0.15, -0.1) is 0 Å². The van der Waals surface area contributed by atoms with E-state index in [4.69, 9.17) is 9.84 Å². The molecular formula is C21H23F3N4O3. The van der Waals surface area contributed by atoms with Crippen LogP contribution in [0.5, 0.6) is 5.75 Å². The van der Waals surface area contributed by atoms with Gasteiger partial charge < -0.3 is 20.1 Å². The van der Waals surface area contributed by atoms with Gasteiger partial charge in [-0.1, -0.05) is 13.8 Å². The Kier molecular flexibility index (Phi) is 6.10. The predicted molar refractivity (Wildman–Crippen MR) is 109 cm³/mol. The van der Waals surface area contributed by atoms with E-state index in [-0.39, 0.29) is 23.8 Å². The lowest BCUT2D eigenvalue weighted by atomic mass is 9.91. The molecule has 2 aromatic heterocycles. The molecule has 0 aliphatic rings. The van der Waals surface area contributed by atoms with Crippen molar-refractivity contribution in [2.24, 2.45) is 5.92 Å². The first-order valence-corrected chi connectivity index (χ1v) is 9.62. The van der Waals surface area contributed by atoms with Crippen molar-refractivity contribution in [1.82, 2.24) is 20.3 Å². The fraction of sp³-hybridized carbons (Fsp3) is 0.381. The Morgan fingerprint density at radius 2 is 2.00 bits per heavy atom. The van der Waals surface area contributed by atoms with E-state index >= 15 is 0 Å². The van der Waals surface area contributed by atoms with Crippen LogP contribution in [0.3, 0.4) is 0 Å². The van der Waals surface area contributed by atoms with Crippen LogP contribution in [-0.4, -0.2) is 38.3 Å². The van der Waals surface area contributed by atoms with E-state index in [9.17, 15) is 18.0 Å². The summed E-state index contributed by atoms with van der Waals surface area (Å²) in [5.74, 6) is -0.274. The lowest BCUT2D eigenvalue weighted by molar-refractivity contribution is -0.139. The number of H-pyrrole nitrogens is 1. The molecule has 0 saturated carbocycles. The van der Waals surface area contributed by atoms with Gasteiger partial charge in [-0.25, -0.2) is 14.8 Å². The van der Waals surface area contributed by atoms with Crippen molar-refractivity contribution in [3.05, 3.63) is 42.4 Å². The van der Waals surface area contributed by atoms with Crippen LogP contribution in [0.2, 0.25) is 0 Å². The molecule has 10 heteroatoms. The van der Waals surface area contributed by atoms with E-state index in [2.05, 4.69) is 20.3 Å². The number of hydrogen-bond acceptors (Lipinski definition) is 4. The predicted octanol–water partition coefficient (Wildman–Crippen LogP) is 5.09. The van der Waals surface area contributed by atoms with E-state index in [1.54, 1.807) is 19.2 Å². The van der Waals surface area contributed by atoms with Gasteiger partial charge >= 0.3 is 12.3 Å². The minimum absolute atomic E-state index is 0.103. The Balaban J connectivity index is 1.96. The summed E-state index contributed by atoms with van der Waals surface area (Å²) >= 11 is 0. The number of aromatic amines is 1. The average Bonchev–Trinajstić information content (AvgIpc) is 3.13. The van der Waals surface area contributed by atoms with E-state index in [0.717, 1.165) is 6.07 Å². The number of aromatic nitrogens is 3. The molecule has 3 rings (SSSR count). The van der Waals surface area contributed by atoms with Gasteiger partial charge in [0.2, 0.25) is 0 Å². The molecule has 0 radical (unpaired) electrons. The number of benzene rings is 1. The third-order valence-corrected chi connectivity index (χ3v) is 4.73. The highest BCUT2D eigenvalue weighted by molar-refractivity contribution is 5.90. The van der Waals surface area contributed by atoms with Crippen LogP contribution in [0.4, 0.5) is 18.0 Å². The maximum Gasteiger partial charge on any atom is 0.419 e. The van der Waals surface area contributed by atoms with Gasteiger partial charge in [0.25, 0.3) is 0 Å². The van der Waals surface area contributed by atoms with Crippen LogP contribution < -0.4 is 10.1 Å². The molecule has 1 atom stereocenters. The molecule has 1 amide bonds. The molecule has 0 spiro atoms. The molecule has 1 unspecified atom stereocenters. The Bertz CT molecular complexity index is 1080. The molecule has 2 heterocycles. The molecule has 0 bridgehead atoms. The average molecular weight is 436 g/mol. The zero-order chi connectivity index (χ0) is 22.8. The minimum atomic E-state index is -4.68. The first-order valence-electron chi connectivity index (χ1n) is 9.62. The summed E-state index contributed by atoms with van der Waals surface area (Å²) in [6, 6.07) is 5.39. The number of carboxylic acid groups (broad SMARTS) is 1. The molecule has 0 saturated heterocycles. The lowest BCUT2D eigenvalue weighted by Crippen LogP contribution is -2.50. The molecule has 166 valence electrons. The van der Waals surface area contributed by atoms with Gasteiger partial charge in [-0.05, 0) is 43.5 Å². The Morgan fingerprint density at radius 1 is 1.26 bits per heavy atom. The minimum Gasteiger partial charge on any atom is -0.491 e. The molecule has 0 aliphatic heterocycles. The third-order valence-electron chi connectivity index (χ3n) is 4.73. The molecule has 31 heavy (non-hydrogen) atoms. The summed E-state index contributed by atoms with van der Waals surface area (Å²) < 4.78 is 46.9. The van der Waals surface area contributed by atoms with Crippen molar-refractivity contribution in [1.29, 1.82) is 0 Å². The number of hydrogen-bond donors (Lipinski definition) is 3. The SMILES string of the molecule is CC(C)CC(C)(COc1ccc(-c2ncnc3[nH]ccc23)cc1C(F)(F)F)NC(=O)O. The summed E-state index contributed by atoms with van der Waals surface area (Å²) in [7, 11) is 0. The van der Waals surface area contributed by atoms with Crippen LogP contribution >= 0.6 is 0 Å². The third kappa shape index (κ3) is 5.25. The number of fused-ring (bicyclic) bond motifs is 1.